The van der Waals surface area contributed by atoms with Gasteiger partial charge in [-0.1, -0.05) is 38.4 Å². The van der Waals surface area contributed by atoms with Crippen LogP contribution in [0.3, 0.4) is 0 Å². The van der Waals surface area contributed by atoms with E-state index < -0.39 is 17.0 Å². The Balaban J connectivity index is 1.96. The molecule has 0 bridgehead atoms. The van der Waals surface area contributed by atoms with Crippen molar-refractivity contribution in [2.45, 2.75) is 82.8 Å². The molecule has 174 valence electrons. The number of hydrogen-bond donors (Lipinski definition) is 4. The van der Waals surface area contributed by atoms with Crippen molar-refractivity contribution in [3.8, 4) is 0 Å². The lowest BCUT2D eigenvalue weighted by atomic mass is 9.73. The van der Waals surface area contributed by atoms with Crippen LogP contribution in [-0.2, 0) is 10.2 Å². The molecule has 1 saturated carbocycles. The average Bonchev–Trinajstić information content (AvgIpc) is 2.72. The molecule has 3 rings (SSSR count). The molecule has 0 unspecified atom stereocenters. The first-order chi connectivity index (χ1) is 14.9. The summed E-state index contributed by atoms with van der Waals surface area (Å²) in [7, 11) is 0. The van der Waals surface area contributed by atoms with E-state index in [0.29, 0.717) is 5.02 Å². The molecule has 6 heteroatoms. The Morgan fingerprint density at radius 1 is 1.06 bits per heavy atom. The number of rotatable bonds is 8. The molecule has 0 amide bonds. The third-order valence-corrected chi connectivity index (χ3v) is 7.13. The average molecular weight is 459 g/mol. The number of anilines is 3. The highest BCUT2D eigenvalue weighted by molar-refractivity contribution is 6.30. The summed E-state index contributed by atoms with van der Waals surface area (Å²) < 4.78 is 0. The first-order valence-corrected chi connectivity index (χ1v) is 11.7. The van der Waals surface area contributed by atoms with Crippen LogP contribution < -0.4 is 10.6 Å². The molecular formula is C26H35ClN2O3. The Morgan fingerprint density at radius 3 is 2.25 bits per heavy atom. The van der Waals surface area contributed by atoms with E-state index in [9.17, 15) is 15.0 Å². The molecule has 0 saturated heterocycles. The summed E-state index contributed by atoms with van der Waals surface area (Å²) in [5.74, 6) is -0.816. The Labute approximate surface area is 196 Å². The van der Waals surface area contributed by atoms with Crippen molar-refractivity contribution in [3.63, 3.8) is 0 Å². The van der Waals surface area contributed by atoms with Gasteiger partial charge in [-0.05, 0) is 81.0 Å². The number of carboxylic acid groups (broad SMARTS) is 1. The highest BCUT2D eigenvalue weighted by Gasteiger charge is 2.38. The zero-order chi connectivity index (χ0) is 23.6. The van der Waals surface area contributed by atoms with E-state index in [0.717, 1.165) is 54.7 Å². The maximum atomic E-state index is 11.4. The number of halogens is 1. The van der Waals surface area contributed by atoms with Crippen LogP contribution in [0.15, 0.2) is 42.5 Å². The van der Waals surface area contributed by atoms with Crippen molar-refractivity contribution in [3.05, 3.63) is 53.1 Å². The van der Waals surface area contributed by atoms with Crippen LogP contribution in [-0.4, -0.2) is 27.3 Å². The summed E-state index contributed by atoms with van der Waals surface area (Å²) in [4.78, 5) is 11.4. The first-order valence-electron chi connectivity index (χ1n) is 11.3. The number of aliphatic carboxylic acids is 1. The lowest BCUT2D eigenvalue weighted by Gasteiger charge is -2.44. The molecule has 5 nitrogen and oxygen atoms in total. The van der Waals surface area contributed by atoms with Gasteiger partial charge in [0.05, 0.1) is 23.4 Å². The minimum absolute atomic E-state index is 0.0497. The number of carboxylic acids is 1. The van der Waals surface area contributed by atoms with Gasteiger partial charge < -0.3 is 20.8 Å². The summed E-state index contributed by atoms with van der Waals surface area (Å²) >= 11 is 6.05. The second-order valence-corrected chi connectivity index (χ2v) is 10.5. The molecule has 0 heterocycles. The zero-order valence-electron chi connectivity index (χ0n) is 19.5. The van der Waals surface area contributed by atoms with Crippen molar-refractivity contribution in [1.82, 2.24) is 0 Å². The van der Waals surface area contributed by atoms with Crippen molar-refractivity contribution in [2.24, 2.45) is 0 Å². The topological polar surface area (TPSA) is 81.6 Å². The zero-order valence-corrected chi connectivity index (χ0v) is 20.2. The standard InChI is InChI=1S/C26H35ClN2O3/c1-5-26(14-12-25(4,32)13-15-26)29-21-11-6-18(24(2,3)17-23(30)31)16-22(21)28-20-9-7-19(27)8-10-20/h6-11,16,28-29,32H,5,12-15,17H2,1-4H3,(H,30,31). The van der Waals surface area contributed by atoms with Crippen LogP contribution in [0.25, 0.3) is 0 Å². The van der Waals surface area contributed by atoms with E-state index in [4.69, 9.17) is 11.6 Å². The lowest BCUT2D eigenvalue weighted by molar-refractivity contribution is -0.138. The summed E-state index contributed by atoms with van der Waals surface area (Å²) in [6.07, 6.45) is 4.31. The third-order valence-electron chi connectivity index (χ3n) is 6.88. The first kappa shape index (κ1) is 24.4. The number of hydrogen-bond acceptors (Lipinski definition) is 4. The second-order valence-electron chi connectivity index (χ2n) is 10.1. The lowest BCUT2D eigenvalue weighted by Crippen LogP contribution is -2.46. The van der Waals surface area contributed by atoms with Gasteiger partial charge >= 0.3 is 5.97 Å². The molecule has 0 atom stereocenters. The third kappa shape index (κ3) is 5.96. The number of aliphatic hydroxyl groups is 1. The molecule has 2 aromatic carbocycles. The summed E-state index contributed by atoms with van der Waals surface area (Å²) in [6.45, 7) is 8.00. The number of carbonyl (C=O) groups is 1. The molecule has 2 aromatic rings. The number of benzene rings is 2. The van der Waals surface area contributed by atoms with Crippen LogP contribution in [0.4, 0.5) is 17.1 Å². The van der Waals surface area contributed by atoms with Crippen LogP contribution >= 0.6 is 11.6 Å². The van der Waals surface area contributed by atoms with Gasteiger partial charge in [-0.3, -0.25) is 4.79 Å². The molecular weight excluding hydrogens is 424 g/mol. The minimum atomic E-state index is -0.816. The van der Waals surface area contributed by atoms with Gasteiger partial charge in [0.15, 0.2) is 0 Å². The molecule has 1 aliphatic carbocycles. The van der Waals surface area contributed by atoms with Crippen molar-refractivity contribution in [1.29, 1.82) is 0 Å². The largest absolute Gasteiger partial charge is 0.481 e. The van der Waals surface area contributed by atoms with Gasteiger partial charge in [-0.25, -0.2) is 0 Å². The molecule has 0 aliphatic heterocycles. The maximum absolute atomic E-state index is 11.4. The molecule has 1 aliphatic rings. The maximum Gasteiger partial charge on any atom is 0.304 e. The normalized spacial score (nSPS) is 23.6. The Morgan fingerprint density at radius 2 is 1.69 bits per heavy atom. The van der Waals surface area contributed by atoms with Gasteiger partial charge in [-0.15, -0.1) is 0 Å². The highest BCUT2D eigenvalue weighted by atomic mass is 35.5. The van der Waals surface area contributed by atoms with Crippen molar-refractivity contribution < 1.29 is 15.0 Å². The fraction of sp³-hybridized carbons (Fsp3) is 0.500. The van der Waals surface area contributed by atoms with Crippen molar-refractivity contribution in [2.75, 3.05) is 10.6 Å². The molecule has 4 N–H and O–H groups in total. The summed E-state index contributed by atoms with van der Waals surface area (Å²) in [5.41, 5.74) is 2.53. The van der Waals surface area contributed by atoms with E-state index in [1.165, 1.54) is 0 Å². The minimum Gasteiger partial charge on any atom is -0.481 e. The van der Waals surface area contributed by atoms with E-state index in [-0.39, 0.29) is 12.0 Å². The van der Waals surface area contributed by atoms with Gasteiger partial charge in [-0.2, -0.15) is 0 Å². The predicted octanol–water partition coefficient (Wildman–Crippen LogP) is 6.72. The van der Waals surface area contributed by atoms with E-state index >= 15 is 0 Å². The van der Waals surface area contributed by atoms with Crippen molar-refractivity contribution >= 4 is 34.6 Å². The van der Waals surface area contributed by atoms with Gasteiger partial charge in [0.1, 0.15) is 0 Å². The van der Waals surface area contributed by atoms with Gasteiger partial charge in [0.25, 0.3) is 0 Å². The smallest absolute Gasteiger partial charge is 0.304 e. The van der Waals surface area contributed by atoms with E-state index in [1.807, 2.05) is 63.2 Å². The number of nitrogens with one attached hydrogen (secondary N) is 2. The fourth-order valence-corrected chi connectivity index (χ4v) is 4.59. The quantitative estimate of drug-likeness (QED) is 0.353. The van der Waals surface area contributed by atoms with Crippen LogP contribution in [0, 0.1) is 0 Å². The summed E-state index contributed by atoms with van der Waals surface area (Å²) in [5, 5.41) is 27.7. The molecule has 32 heavy (non-hydrogen) atoms. The fourth-order valence-electron chi connectivity index (χ4n) is 4.47. The Bertz CT molecular complexity index is 944. The molecule has 0 spiro atoms. The molecule has 0 aromatic heterocycles. The van der Waals surface area contributed by atoms with E-state index in [2.05, 4.69) is 17.6 Å². The van der Waals surface area contributed by atoms with Crippen LogP contribution in [0.5, 0.6) is 0 Å². The monoisotopic (exact) mass is 458 g/mol. The predicted molar refractivity (Wildman–Crippen MR) is 132 cm³/mol. The SMILES string of the molecule is CCC1(Nc2ccc(C(C)(C)CC(=O)O)cc2Nc2ccc(Cl)cc2)CCC(C)(O)CC1. The Hall–Kier alpha value is -2.24. The summed E-state index contributed by atoms with van der Waals surface area (Å²) in [6, 6.07) is 13.6. The molecule has 0 radical (unpaired) electrons. The Kier molecular flexibility index (Phi) is 7.11. The van der Waals surface area contributed by atoms with Gasteiger partial charge in [0.2, 0.25) is 0 Å². The van der Waals surface area contributed by atoms with E-state index in [1.54, 1.807) is 0 Å². The highest BCUT2D eigenvalue weighted by Crippen LogP contribution is 2.42. The van der Waals surface area contributed by atoms with Crippen LogP contribution in [0.2, 0.25) is 5.02 Å². The van der Waals surface area contributed by atoms with Crippen LogP contribution in [0.1, 0.15) is 71.8 Å². The van der Waals surface area contributed by atoms with Gasteiger partial charge in [0, 0.05) is 21.7 Å². The second kappa shape index (κ2) is 9.32. The molecule has 1 fully saturated rings.